The Labute approximate surface area is 109 Å². The fraction of sp³-hybridized carbons (Fsp3) is 0.273. The first-order valence-corrected chi connectivity index (χ1v) is 5.51. The number of carbonyl (C=O) groups excluding carboxylic acids is 2. The number of alkyl halides is 4. The molecule has 1 fully saturated rings. The first kappa shape index (κ1) is 13.8. The highest BCUT2D eigenvalue weighted by molar-refractivity contribution is 6.37. The van der Waals surface area contributed by atoms with Gasteiger partial charge in [0.05, 0.1) is 11.5 Å². The summed E-state index contributed by atoms with van der Waals surface area (Å²) in [5.74, 6) is -4.25. The summed E-state index contributed by atoms with van der Waals surface area (Å²) >= 11 is 5.62. The zero-order valence-electron chi connectivity index (χ0n) is 9.09. The average molecular weight is 296 g/mol. The Morgan fingerprint density at radius 3 is 2.26 bits per heavy atom. The number of hydrogen-bond acceptors (Lipinski definition) is 2. The van der Waals surface area contributed by atoms with E-state index in [1.807, 2.05) is 5.32 Å². The van der Waals surface area contributed by atoms with E-state index in [1.54, 1.807) is 0 Å². The van der Waals surface area contributed by atoms with Crippen LogP contribution in [0.25, 0.3) is 0 Å². The molecule has 2 unspecified atom stereocenters. The second-order valence-electron chi connectivity index (χ2n) is 3.97. The van der Waals surface area contributed by atoms with Crippen LogP contribution >= 0.6 is 11.6 Å². The lowest BCUT2D eigenvalue weighted by Gasteiger charge is -2.14. The van der Waals surface area contributed by atoms with E-state index in [1.165, 1.54) is 0 Å². The van der Waals surface area contributed by atoms with Crippen LogP contribution in [0.1, 0.15) is 17.0 Å². The van der Waals surface area contributed by atoms with E-state index in [9.17, 15) is 27.2 Å². The lowest BCUT2D eigenvalue weighted by atomic mass is 9.94. The Hall–Kier alpha value is -1.63. The molecule has 1 N–H and O–H groups in total. The minimum absolute atomic E-state index is 0.494. The molecular weight excluding hydrogens is 290 g/mol. The second kappa shape index (κ2) is 4.48. The predicted molar refractivity (Wildman–Crippen MR) is 56.9 cm³/mol. The average Bonchev–Trinajstić information content (AvgIpc) is 2.53. The van der Waals surface area contributed by atoms with Gasteiger partial charge in [0.25, 0.3) is 0 Å². The first-order valence-electron chi connectivity index (χ1n) is 5.07. The number of nitrogens with one attached hydrogen (secondary N) is 1. The lowest BCUT2D eigenvalue weighted by Crippen LogP contribution is -2.22. The summed E-state index contributed by atoms with van der Waals surface area (Å²) in [6.07, 6.45) is -4.68. The molecule has 2 atom stereocenters. The molecule has 1 saturated heterocycles. The number of benzene rings is 1. The fourth-order valence-corrected chi connectivity index (χ4v) is 2.11. The van der Waals surface area contributed by atoms with Crippen molar-refractivity contribution in [3.8, 4) is 0 Å². The normalized spacial score (nSPS) is 23.6. The predicted octanol–water partition coefficient (Wildman–Crippen LogP) is 2.19. The van der Waals surface area contributed by atoms with Crippen molar-refractivity contribution in [3.05, 3.63) is 35.1 Å². The van der Waals surface area contributed by atoms with Crippen molar-refractivity contribution in [2.75, 3.05) is 0 Å². The highest BCUT2D eigenvalue weighted by Crippen LogP contribution is 2.35. The molecule has 0 aliphatic carbocycles. The third-order valence-electron chi connectivity index (χ3n) is 2.73. The van der Waals surface area contributed by atoms with E-state index >= 15 is 0 Å². The third-order valence-corrected chi connectivity index (χ3v) is 3.18. The zero-order valence-corrected chi connectivity index (χ0v) is 9.85. The summed E-state index contributed by atoms with van der Waals surface area (Å²) in [6, 6.07) is 1.64. The van der Waals surface area contributed by atoms with Crippen LogP contribution in [0.4, 0.5) is 17.6 Å². The maximum absolute atomic E-state index is 13.6. The summed E-state index contributed by atoms with van der Waals surface area (Å²) in [7, 11) is 0. The van der Waals surface area contributed by atoms with E-state index in [0.29, 0.717) is 18.2 Å². The lowest BCUT2D eigenvalue weighted by molar-refractivity contribution is -0.137. The highest BCUT2D eigenvalue weighted by Gasteiger charge is 2.43. The summed E-state index contributed by atoms with van der Waals surface area (Å²) in [5, 5.41) is 0.417. The summed E-state index contributed by atoms with van der Waals surface area (Å²) in [4.78, 5) is 22.6. The standard InChI is InChI=1S/C11H6ClF4NO2/c12-8-7(9(18)17-10(8)19)5-3-4(11(14,15)16)1-2-6(5)13/h1-3,7-8H,(H,17,18,19). The van der Waals surface area contributed by atoms with Crippen molar-refractivity contribution in [1.29, 1.82) is 0 Å². The molecule has 0 bridgehead atoms. The minimum atomic E-state index is -4.68. The van der Waals surface area contributed by atoms with Gasteiger partial charge in [-0.1, -0.05) is 0 Å². The van der Waals surface area contributed by atoms with Crippen molar-refractivity contribution in [2.24, 2.45) is 0 Å². The van der Waals surface area contributed by atoms with E-state index < -0.39 is 46.2 Å². The van der Waals surface area contributed by atoms with Crippen LogP contribution in [-0.2, 0) is 15.8 Å². The van der Waals surface area contributed by atoms with Gasteiger partial charge in [-0.05, 0) is 18.2 Å². The van der Waals surface area contributed by atoms with E-state index in [4.69, 9.17) is 11.6 Å². The van der Waals surface area contributed by atoms with Crippen molar-refractivity contribution in [1.82, 2.24) is 5.32 Å². The first-order chi connectivity index (χ1) is 8.71. The van der Waals surface area contributed by atoms with Gasteiger partial charge >= 0.3 is 6.18 Å². The van der Waals surface area contributed by atoms with Crippen LogP contribution in [0.3, 0.4) is 0 Å². The van der Waals surface area contributed by atoms with E-state index in [-0.39, 0.29) is 0 Å². The van der Waals surface area contributed by atoms with Crippen molar-refractivity contribution >= 4 is 23.4 Å². The van der Waals surface area contributed by atoms with Crippen LogP contribution in [0, 0.1) is 5.82 Å². The quantitative estimate of drug-likeness (QED) is 0.490. The molecule has 1 aliphatic heterocycles. The van der Waals surface area contributed by atoms with Gasteiger partial charge in [0, 0.05) is 5.56 Å². The Balaban J connectivity index is 2.50. The smallest absolute Gasteiger partial charge is 0.295 e. The number of halogens is 5. The van der Waals surface area contributed by atoms with Crippen molar-refractivity contribution in [3.63, 3.8) is 0 Å². The zero-order chi connectivity index (χ0) is 14.4. The molecule has 0 spiro atoms. The second-order valence-corrected chi connectivity index (χ2v) is 4.44. The van der Waals surface area contributed by atoms with Gasteiger partial charge in [0.2, 0.25) is 11.8 Å². The molecule has 19 heavy (non-hydrogen) atoms. The van der Waals surface area contributed by atoms with Gasteiger partial charge < -0.3 is 0 Å². The molecule has 2 amide bonds. The molecule has 102 valence electrons. The van der Waals surface area contributed by atoms with Gasteiger partial charge in [0.1, 0.15) is 11.2 Å². The van der Waals surface area contributed by atoms with E-state index in [2.05, 4.69) is 0 Å². The monoisotopic (exact) mass is 295 g/mol. The number of carbonyl (C=O) groups is 2. The Kier molecular flexibility index (Phi) is 3.25. The summed E-state index contributed by atoms with van der Waals surface area (Å²) < 4.78 is 51.2. The fourth-order valence-electron chi connectivity index (χ4n) is 1.81. The highest BCUT2D eigenvalue weighted by atomic mass is 35.5. The molecular formula is C11H6ClF4NO2. The number of rotatable bonds is 1. The molecule has 1 aromatic carbocycles. The Bertz CT molecular complexity index is 558. The largest absolute Gasteiger partial charge is 0.416 e. The van der Waals surface area contributed by atoms with Gasteiger partial charge in [-0.25, -0.2) is 4.39 Å². The van der Waals surface area contributed by atoms with E-state index in [0.717, 1.165) is 0 Å². The molecule has 0 saturated carbocycles. The number of amides is 2. The van der Waals surface area contributed by atoms with Gasteiger partial charge in [-0.15, -0.1) is 11.6 Å². The molecule has 8 heteroatoms. The maximum atomic E-state index is 13.6. The van der Waals surface area contributed by atoms with Crippen molar-refractivity contribution in [2.45, 2.75) is 17.5 Å². The Morgan fingerprint density at radius 1 is 1.16 bits per heavy atom. The number of imide groups is 1. The van der Waals surface area contributed by atoms with Crippen molar-refractivity contribution < 1.29 is 27.2 Å². The summed E-state index contributed by atoms with van der Waals surface area (Å²) in [6.45, 7) is 0. The van der Waals surface area contributed by atoms with Gasteiger partial charge in [-0.2, -0.15) is 13.2 Å². The van der Waals surface area contributed by atoms with Gasteiger partial charge in [-0.3, -0.25) is 14.9 Å². The van der Waals surface area contributed by atoms with Crippen LogP contribution < -0.4 is 5.32 Å². The molecule has 0 radical (unpaired) electrons. The summed E-state index contributed by atoms with van der Waals surface area (Å²) in [5.41, 5.74) is -1.65. The van der Waals surface area contributed by atoms with Crippen LogP contribution in [0.2, 0.25) is 0 Å². The molecule has 0 aromatic heterocycles. The molecule has 1 aromatic rings. The third kappa shape index (κ3) is 2.42. The SMILES string of the molecule is O=C1NC(=O)C(c2cc(C(F)(F)F)ccc2F)C1Cl. The molecule has 1 heterocycles. The molecule has 1 aliphatic rings. The number of hydrogen-bond donors (Lipinski definition) is 1. The van der Waals surface area contributed by atoms with Crippen LogP contribution in [-0.4, -0.2) is 17.2 Å². The Morgan fingerprint density at radius 2 is 1.79 bits per heavy atom. The molecule has 3 nitrogen and oxygen atoms in total. The van der Waals surface area contributed by atoms with Crippen LogP contribution in [0.15, 0.2) is 18.2 Å². The minimum Gasteiger partial charge on any atom is -0.295 e. The van der Waals surface area contributed by atoms with Gasteiger partial charge in [0.15, 0.2) is 0 Å². The molecule has 2 rings (SSSR count). The topological polar surface area (TPSA) is 46.2 Å². The maximum Gasteiger partial charge on any atom is 0.416 e. The van der Waals surface area contributed by atoms with Crippen LogP contribution in [0.5, 0.6) is 0 Å².